The van der Waals surface area contributed by atoms with Gasteiger partial charge in [-0.15, -0.1) is 0 Å². The molecular formula is C41H79O9P. The van der Waals surface area contributed by atoms with Crippen LogP contribution >= 0.6 is 7.82 Å². The Balaban J connectivity index is 4.19. The first-order valence-corrected chi connectivity index (χ1v) is 22.3. The van der Waals surface area contributed by atoms with Gasteiger partial charge >= 0.3 is 13.8 Å². The molecule has 0 aliphatic heterocycles. The van der Waals surface area contributed by atoms with E-state index in [0.29, 0.717) is 6.61 Å². The van der Waals surface area contributed by atoms with Crippen molar-refractivity contribution in [3.63, 3.8) is 0 Å². The van der Waals surface area contributed by atoms with Crippen molar-refractivity contribution in [2.24, 2.45) is 0 Å². The molecule has 0 bridgehead atoms. The average molecular weight is 747 g/mol. The van der Waals surface area contributed by atoms with Gasteiger partial charge in [0, 0.05) is 13.0 Å². The van der Waals surface area contributed by atoms with Crippen LogP contribution < -0.4 is 0 Å². The van der Waals surface area contributed by atoms with Gasteiger partial charge in [-0.3, -0.25) is 13.8 Å². The van der Waals surface area contributed by atoms with E-state index in [0.717, 1.165) is 57.8 Å². The molecule has 0 saturated heterocycles. The lowest BCUT2D eigenvalue weighted by molar-refractivity contribution is -0.154. The number of carbonyl (C=O) groups is 1. The Labute approximate surface area is 313 Å². The Bertz CT molecular complexity index is 851. The number of hydrogen-bond acceptors (Lipinski definition) is 8. The maximum atomic E-state index is 12.6. The van der Waals surface area contributed by atoms with Crippen LogP contribution in [0.4, 0.5) is 0 Å². The van der Waals surface area contributed by atoms with E-state index in [2.05, 4.69) is 38.2 Å². The lowest BCUT2D eigenvalue weighted by Gasteiger charge is -2.20. The lowest BCUT2D eigenvalue weighted by Crippen LogP contribution is -2.29. The first-order chi connectivity index (χ1) is 24.8. The molecule has 0 aromatic rings. The topological polar surface area (TPSA) is 132 Å². The van der Waals surface area contributed by atoms with Gasteiger partial charge in [0.25, 0.3) is 0 Å². The zero-order valence-electron chi connectivity index (χ0n) is 32.8. The van der Waals surface area contributed by atoms with E-state index in [1.54, 1.807) is 0 Å². The van der Waals surface area contributed by atoms with Crippen molar-refractivity contribution in [2.75, 3.05) is 33.0 Å². The van der Waals surface area contributed by atoms with Gasteiger partial charge in [-0.05, 0) is 64.2 Å². The second kappa shape index (κ2) is 38.7. The monoisotopic (exact) mass is 747 g/mol. The number of phosphoric acid groups is 1. The van der Waals surface area contributed by atoms with Crippen LogP contribution in [0.15, 0.2) is 24.3 Å². The largest absolute Gasteiger partial charge is 0.472 e. The molecule has 0 radical (unpaired) electrons. The molecule has 3 unspecified atom stereocenters. The quantitative estimate of drug-likeness (QED) is 0.0242. The zero-order chi connectivity index (χ0) is 37.5. The highest BCUT2D eigenvalue weighted by atomic mass is 31.2. The summed E-state index contributed by atoms with van der Waals surface area (Å²) in [5, 5.41) is 18.3. The summed E-state index contributed by atoms with van der Waals surface area (Å²) < 4.78 is 33.3. The van der Waals surface area contributed by atoms with E-state index in [4.69, 9.17) is 23.6 Å². The van der Waals surface area contributed by atoms with Crippen molar-refractivity contribution in [3.05, 3.63) is 24.3 Å². The van der Waals surface area contributed by atoms with Gasteiger partial charge in [-0.1, -0.05) is 141 Å². The highest BCUT2D eigenvalue weighted by Crippen LogP contribution is 2.43. The molecule has 9 nitrogen and oxygen atoms in total. The fourth-order valence-electron chi connectivity index (χ4n) is 5.64. The smallest absolute Gasteiger partial charge is 0.457 e. The van der Waals surface area contributed by atoms with Crippen LogP contribution in [0.1, 0.15) is 187 Å². The van der Waals surface area contributed by atoms with Crippen LogP contribution in [0, 0.1) is 0 Å². The molecule has 0 amide bonds. The second-order valence-corrected chi connectivity index (χ2v) is 15.5. The summed E-state index contributed by atoms with van der Waals surface area (Å²) in [6, 6.07) is 0. The van der Waals surface area contributed by atoms with Crippen molar-refractivity contribution in [3.8, 4) is 0 Å². The number of phosphoric ester groups is 1. The van der Waals surface area contributed by atoms with E-state index in [-0.39, 0.29) is 25.6 Å². The molecule has 0 saturated carbocycles. The van der Waals surface area contributed by atoms with Crippen LogP contribution in [0.5, 0.6) is 0 Å². The van der Waals surface area contributed by atoms with Gasteiger partial charge in [0.2, 0.25) is 0 Å². The molecule has 0 fully saturated rings. The predicted molar refractivity (Wildman–Crippen MR) is 210 cm³/mol. The molecule has 3 atom stereocenters. The molecule has 0 rings (SSSR count). The first kappa shape index (κ1) is 49.9. The van der Waals surface area contributed by atoms with Crippen LogP contribution in [-0.4, -0.2) is 66.3 Å². The predicted octanol–water partition coefficient (Wildman–Crippen LogP) is 11.1. The van der Waals surface area contributed by atoms with Gasteiger partial charge in [0.15, 0.2) is 0 Å². The summed E-state index contributed by atoms with van der Waals surface area (Å²) >= 11 is 0. The molecule has 51 heavy (non-hydrogen) atoms. The summed E-state index contributed by atoms with van der Waals surface area (Å²) in [6.07, 6.45) is 38.4. The van der Waals surface area contributed by atoms with E-state index >= 15 is 0 Å². The average Bonchev–Trinajstić information content (AvgIpc) is 3.12. The molecule has 0 aromatic carbocycles. The summed E-state index contributed by atoms with van der Waals surface area (Å²) in [5.74, 6) is -0.389. The molecule has 0 heterocycles. The highest BCUT2D eigenvalue weighted by molar-refractivity contribution is 7.47. The minimum Gasteiger partial charge on any atom is -0.457 e. The Morgan fingerprint density at radius 3 is 1.51 bits per heavy atom. The fourth-order valence-corrected chi connectivity index (χ4v) is 6.43. The van der Waals surface area contributed by atoms with E-state index < -0.39 is 33.2 Å². The zero-order valence-corrected chi connectivity index (χ0v) is 33.7. The van der Waals surface area contributed by atoms with E-state index in [1.807, 2.05) is 0 Å². The Morgan fingerprint density at radius 1 is 0.588 bits per heavy atom. The highest BCUT2D eigenvalue weighted by Gasteiger charge is 2.26. The third-order valence-electron chi connectivity index (χ3n) is 8.86. The number of esters is 1. The van der Waals surface area contributed by atoms with Crippen molar-refractivity contribution in [2.45, 2.75) is 199 Å². The Morgan fingerprint density at radius 2 is 1.00 bits per heavy atom. The third-order valence-corrected chi connectivity index (χ3v) is 9.81. The SMILES string of the molecule is CCCCC/C=C\CCCCCCCCOCC(COP(=O)(O)OCC(O)CO)OC(=O)CCCCCCCCC/C=C\CCCCCCCC. The van der Waals surface area contributed by atoms with Gasteiger partial charge in [0.05, 0.1) is 26.4 Å². The van der Waals surface area contributed by atoms with Crippen molar-refractivity contribution in [1.29, 1.82) is 0 Å². The number of aliphatic hydroxyl groups excluding tert-OH is 2. The second-order valence-electron chi connectivity index (χ2n) is 14.0. The maximum Gasteiger partial charge on any atom is 0.472 e. The number of aliphatic hydroxyl groups is 2. The molecule has 0 aliphatic rings. The molecule has 302 valence electrons. The summed E-state index contributed by atoms with van der Waals surface area (Å²) in [4.78, 5) is 22.5. The standard InChI is InChI=1S/C41H79O9P/c1-3-5-7-9-11-13-15-17-18-19-20-21-23-25-27-29-31-33-41(44)50-40(38-49-51(45,46)48-36-39(43)35-42)37-47-34-32-30-28-26-24-22-16-14-12-10-8-6-4-2/h12,14,17-18,39-40,42-43H,3-11,13,15-16,19-38H2,1-2H3,(H,45,46)/b14-12-,18-17-. The van der Waals surface area contributed by atoms with E-state index in [9.17, 15) is 19.4 Å². The van der Waals surface area contributed by atoms with Crippen molar-refractivity contribution >= 4 is 13.8 Å². The number of rotatable bonds is 40. The summed E-state index contributed by atoms with van der Waals surface area (Å²) in [6.45, 7) is 3.48. The Kier molecular flexibility index (Phi) is 37.9. The number of allylic oxidation sites excluding steroid dienone is 4. The Hall–Kier alpha value is -1.06. The van der Waals surface area contributed by atoms with Gasteiger partial charge in [-0.2, -0.15) is 0 Å². The molecule has 0 spiro atoms. The van der Waals surface area contributed by atoms with Crippen LogP contribution in [0.25, 0.3) is 0 Å². The number of ether oxygens (including phenoxy) is 2. The summed E-state index contributed by atoms with van der Waals surface area (Å²) in [7, 11) is -4.51. The lowest BCUT2D eigenvalue weighted by atomic mass is 10.1. The van der Waals surface area contributed by atoms with Crippen molar-refractivity contribution in [1.82, 2.24) is 0 Å². The van der Waals surface area contributed by atoms with Crippen LogP contribution in [0.3, 0.4) is 0 Å². The molecule has 0 aliphatic carbocycles. The minimum atomic E-state index is -4.51. The summed E-state index contributed by atoms with van der Waals surface area (Å²) in [5.41, 5.74) is 0. The molecule has 10 heteroatoms. The molecule has 0 aromatic heterocycles. The molecular weight excluding hydrogens is 667 g/mol. The normalized spacial score (nSPS) is 14.4. The number of unbranched alkanes of at least 4 members (excludes halogenated alkanes) is 22. The number of hydrogen-bond donors (Lipinski definition) is 3. The van der Waals surface area contributed by atoms with Crippen molar-refractivity contribution < 1.29 is 43.0 Å². The minimum absolute atomic E-state index is 0.0455. The molecule has 3 N–H and O–H groups in total. The van der Waals surface area contributed by atoms with Gasteiger partial charge in [0.1, 0.15) is 12.2 Å². The number of carbonyl (C=O) groups excluding carboxylic acids is 1. The van der Waals surface area contributed by atoms with Crippen LogP contribution in [0.2, 0.25) is 0 Å². The van der Waals surface area contributed by atoms with Gasteiger partial charge in [-0.25, -0.2) is 4.57 Å². The van der Waals surface area contributed by atoms with Gasteiger partial charge < -0.3 is 24.6 Å². The first-order valence-electron chi connectivity index (χ1n) is 20.8. The van der Waals surface area contributed by atoms with Crippen LogP contribution in [-0.2, 0) is 27.9 Å². The van der Waals surface area contributed by atoms with E-state index in [1.165, 1.54) is 109 Å². The fraction of sp³-hybridized carbons (Fsp3) is 0.878. The third kappa shape index (κ3) is 38.5. The maximum absolute atomic E-state index is 12.6.